The van der Waals surface area contributed by atoms with Crippen molar-refractivity contribution in [2.75, 3.05) is 0 Å². The van der Waals surface area contributed by atoms with Crippen LogP contribution in [0.5, 0.6) is 0 Å². The minimum absolute atomic E-state index is 0.381. The monoisotopic (exact) mass is 162 g/mol. The van der Waals surface area contributed by atoms with Gasteiger partial charge in [-0.2, -0.15) is 0 Å². The minimum Gasteiger partial charge on any atom is -0.682 e. The van der Waals surface area contributed by atoms with E-state index in [2.05, 4.69) is 51.2 Å². The van der Waals surface area contributed by atoms with Gasteiger partial charge in [0.25, 0.3) is 0 Å². The van der Waals surface area contributed by atoms with Gasteiger partial charge in [0.1, 0.15) is 0 Å². The molecule has 0 radical (unpaired) electrons. The van der Waals surface area contributed by atoms with Crippen molar-refractivity contribution in [1.82, 2.24) is 0 Å². The van der Waals surface area contributed by atoms with E-state index in [0.29, 0.717) is 6.04 Å². The molecule has 1 aromatic carbocycles. The average molecular weight is 162 g/mol. The van der Waals surface area contributed by atoms with E-state index < -0.39 is 0 Å². The molecular weight excluding hydrogens is 146 g/mol. The number of hydrogen-bond acceptors (Lipinski definition) is 0. The zero-order valence-corrected chi connectivity index (χ0v) is 8.26. The van der Waals surface area contributed by atoms with E-state index in [0.717, 1.165) is 5.69 Å². The minimum atomic E-state index is 0.381. The highest BCUT2D eigenvalue weighted by atomic mass is 14.9. The van der Waals surface area contributed by atoms with Crippen LogP contribution in [-0.4, -0.2) is 6.04 Å². The quantitative estimate of drug-likeness (QED) is 0.629. The van der Waals surface area contributed by atoms with Crippen molar-refractivity contribution < 1.29 is 0 Å². The van der Waals surface area contributed by atoms with Gasteiger partial charge in [-0.05, 0) is 13.8 Å². The second-order valence-corrected chi connectivity index (χ2v) is 3.57. The standard InChI is InChI=1S/C11H16N/c1-8(2)12-11-6-9(3)5-10(4)7-11/h5-8H,1-4H3/q-1. The summed E-state index contributed by atoms with van der Waals surface area (Å²) in [5, 5.41) is 4.48. The highest BCUT2D eigenvalue weighted by molar-refractivity contribution is 5.53. The van der Waals surface area contributed by atoms with Gasteiger partial charge in [-0.3, -0.25) is 0 Å². The zero-order chi connectivity index (χ0) is 9.14. The first-order valence-electron chi connectivity index (χ1n) is 4.37. The third kappa shape index (κ3) is 2.57. The Bertz CT molecular complexity index is 243. The van der Waals surface area contributed by atoms with E-state index in [9.17, 15) is 0 Å². The normalized spacial score (nSPS) is 10.4. The smallest absolute Gasteiger partial charge is 0.0398 e. The summed E-state index contributed by atoms with van der Waals surface area (Å²) in [6, 6.07) is 6.78. The summed E-state index contributed by atoms with van der Waals surface area (Å²) >= 11 is 0. The lowest BCUT2D eigenvalue weighted by atomic mass is 10.1. The van der Waals surface area contributed by atoms with E-state index in [1.165, 1.54) is 11.1 Å². The zero-order valence-electron chi connectivity index (χ0n) is 8.26. The summed E-state index contributed by atoms with van der Waals surface area (Å²) in [6.45, 7) is 8.40. The molecule has 0 aliphatic heterocycles. The Hall–Kier alpha value is -0.980. The summed E-state index contributed by atoms with van der Waals surface area (Å²) < 4.78 is 0. The van der Waals surface area contributed by atoms with Crippen LogP contribution >= 0.6 is 0 Å². The van der Waals surface area contributed by atoms with E-state index >= 15 is 0 Å². The van der Waals surface area contributed by atoms with Gasteiger partial charge in [0, 0.05) is 0 Å². The van der Waals surface area contributed by atoms with Gasteiger partial charge in [0.15, 0.2) is 0 Å². The van der Waals surface area contributed by atoms with Crippen LogP contribution in [0.2, 0.25) is 0 Å². The first-order chi connectivity index (χ1) is 5.58. The fraction of sp³-hybridized carbons (Fsp3) is 0.455. The van der Waals surface area contributed by atoms with Crippen molar-refractivity contribution in [1.29, 1.82) is 0 Å². The highest BCUT2D eigenvalue weighted by Crippen LogP contribution is 2.23. The molecule has 0 saturated heterocycles. The molecular formula is C11H16N-. The van der Waals surface area contributed by atoms with Crippen LogP contribution in [0.4, 0.5) is 5.69 Å². The van der Waals surface area contributed by atoms with Crippen molar-refractivity contribution in [3.05, 3.63) is 34.6 Å². The first-order valence-corrected chi connectivity index (χ1v) is 4.37. The van der Waals surface area contributed by atoms with E-state index in [-0.39, 0.29) is 0 Å². The van der Waals surface area contributed by atoms with Crippen LogP contribution < -0.4 is 0 Å². The van der Waals surface area contributed by atoms with Crippen LogP contribution in [0, 0.1) is 13.8 Å². The van der Waals surface area contributed by atoms with E-state index in [4.69, 9.17) is 0 Å². The molecule has 0 aliphatic rings. The Morgan fingerprint density at radius 2 is 1.50 bits per heavy atom. The topological polar surface area (TPSA) is 14.1 Å². The average Bonchev–Trinajstić information content (AvgIpc) is 1.81. The Labute approximate surface area is 74.8 Å². The Balaban J connectivity index is 2.85. The molecule has 0 saturated carbocycles. The van der Waals surface area contributed by atoms with Crippen molar-refractivity contribution in [3.8, 4) is 0 Å². The van der Waals surface area contributed by atoms with Crippen molar-refractivity contribution in [2.45, 2.75) is 33.7 Å². The molecule has 0 atom stereocenters. The SMILES string of the molecule is Cc1cc(C)cc([N-]C(C)C)c1. The van der Waals surface area contributed by atoms with E-state index in [1.54, 1.807) is 0 Å². The van der Waals surface area contributed by atoms with E-state index in [1.807, 2.05) is 0 Å². The summed E-state index contributed by atoms with van der Waals surface area (Å²) in [6.07, 6.45) is 0. The van der Waals surface area contributed by atoms with Gasteiger partial charge in [0.05, 0.1) is 0 Å². The number of nitrogens with zero attached hydrogens (tertiary/aromatic N) is 1. The number of aryl methyl sites for hydroxylation is 2. The molecule has 1 rings (SSSR count). The van der Waals surface area contributed by atoms with Crippen molar-refractivity contribution in [2.24, 2.45) is 0 Å². The molecule has 0 aromatic heterocycles. The Morgan fingerprint density at radius 1 is 1.00 bits per heavy atom. The van der Waals surface area contributed by atoms with Gasteiger partial charge in [-0.1, -0.05) is 43.2 Å². The molecule has 0 aliphatic carbocycles. The molecule has 0 bridgehead atoms. The molecule has 12 heavy (non-hydrogen) atoms. The van der Waals surface area contributed by atoms with Gasteiger partial charge in [-0.25, -0.2) is 0 Å². The maximum absolute atomic E-state index is 4.48. The molecule has 0 fully saturated rings. The highest BCUT2D eigenvalue weighted by Gasteiger charge is 1.87. The predicted octanol–water partition coefficient (Wildman–Crippen LogP) is 3.72. The molecule has 1 heteroatoms. The summed E-state index contributed by atoms with van der Waals surface area (Å²) in [4.78, 5) is 0. The lowest BCUT2D eigenvalue weighted by Crippen LogP contribution is -1.89. The Morgan fingerprint density at radius 3 is 1.92 bits per heavy atom. The van der Waals surface area contributed by atoms with Crippen LogP contribution in [0.25, 0.3) is 5.32 Å². The van der Waals surface area contributed by atoms with Gasteiger partial charge < -0.3 is 5.32 Å². The van der Waals surface area contributed by atoms with Crippen molar-refractivity contribution in [3.63, 3.8) is 0 Å². The van der Waals surface area contributed by atoms with Gasteiger partial charge >= 0.3 is 0 Å². The van der Waals surface area contributed by atoms with Crippen LogP contribution in [0.3, 0.4) is 0 Å². The third-order valence-corrected chi connectivity index (χ3v) is 1.61. The molecule has 1 aromatic rings. The molecule has 0 amide bonds. The lowest BCUT2D eigenvalue weighted by molar-refractivity contribution is 0.947. The summed E-state index contributed by atoms with van der Waals surface area (Å²) in [5.41, 5.74) is 3.67. The third-order valence-electron chi connectivity index (χ3n) is 1.61. The van der Waals surface area contributed by atoms with Gasteiger partial charge in [0.2, 0.25) is 0 Å². The fourth-order valence-corrected chi connectivity index (χ4v) is 1.32. The van der Waals surface area contributed by atoms with Crippen LogP contribution in [0.15, 0.2) is 18.2 Å². The lowest BCUT2D eigenvalue weighted by Gasteiger charge is -2.26. The maximum Gasteiger partial charge on any atom is -0.0398 e. The predicted molar refractivity (Wildman–Crippen MR) is 54.1 cm³/mol. The molecule has 0 unspecified atom stereocenters. The van der Waals surface area contributed by atoms with Crippen LogP contribution in [-0.2, 0) is 0 Å². The first kappa shape index (κ1) is 9.11. The second-order valence-electron chi connectivity index (χ2n) is 3.57. The largest absolute Gasteiger partial charge is 0.682 e. The summed E-state index contributed by atoms with van der Waals surface area (Å²) in [7, 11) is 0. The molecule has 0 heterocycles. The maximum atomic E-state index is 4.48. The van der Waals surface area contributed by atoms with Crippen molar-refractivity contribution >= 4 is 5.69 Å². The molecule has 0 N–H and O–H groups in total. The number of hydrogen-bond donors (Lipinski definition) is 0. The molecule has 0 spiro atoms. The van der Waals surface area contributed by atoms with Crippen LogP contribution in [0.1, 0.15) is 25.0 Å². The second kappa shape index (κ2) is 3.61. The number of rotatable bonds is 2. The number of benzene rings is 1. The molecule has 1 nitrogen and oxygen atoms in total. The Kier molecular flexibility index (Phi) is 2.74. The van der Waals surface area contributed by atoms with Gasteiger partial charge in [-0.15, -0.1) is 11.7 Å². The molecule has 66 valence electrons. The fourth-order valence-electron chi connectivity index (χ4n) is 1.32. The summed E-state index contributed by atoms with van der Waals surface area (Å²) in [5.74, 6) is 0.